The van der Waals surface area contributed by atoms with Gasteiger partial charge in [0.15, 0.2) is 5.78 Å². The van der Waals surface area contributed by atoms with Gasteiger partial charge in [-0.25, -0.2) is 4.79 Å². The largest absolute Gasteiger partial charge is 0.478 e. The van der Waals surface area contributed by atoms with Crippen LogP contribution in [0.5, 0.6) is 0 Å². The van der Waals surface area contributed by atoms with Crippen LogP contribution in [0.3, 0.4) is 0 Å². The van der Waals surface area contributed by atoms with Crippen LogP contribution in [-0.4, -0.2) is 16.9 Å². The predicted octanol–water partition coefficient (Wildman–Crippen LogP) is 3.52. The van der Waals surface area contributed by atoms with Gasteiger partial charge in [-0.2, -0.15) is 0 Å². The first-order valence-electron chi connectivity index (χ1n) is 6.46. The van der Waals surface area contributed by atoms with Crippen molar-refractivity contribution in [3.63, 3.8) is 0 Å². The molecule has 0 heterocycles. The molecule has 0 unspecified atom stereocenters. The van der Waals surface area contributed by atoms with E-state index in [1.807, 2.05) is 25.1 Å². The van der Waals surface area contributed by atoms with E-state index in [0.717, 1.165) is 22.3 Å². The van der Waals surface area contributed by atoms with E-state index in [9.17, 15) is 14.7 Å². The van der Waals surface area contributed by atoms with E-state index in [0.29, 0.717) is 16.7 Å². The van der Waals surface area contributed by atoms with Crippen LogP contribution in [0.1, 0.15) is 43.0 Å². The molecule has 3 nitrogen and oxygen atoms in total. The summed E-state index contributed by atoms with van der Waals surface area (Å²) in [6.45, 7) is 5.41. The molecule has 0 bridgehead atoms. The van der Waals surface area contributed by atoms with E-state index in [1.165, 1.54) is 0 Å². The van der Waals surface area contributed by atoms with Gasteiger partial charge in [-0.1, -0.05) is 24.3 Å². The van der Waals surface area contributed by atoms with Crippen molar-refractivity contribution in [2.75, 3.05) is 0 Å². The van der Waals surface area contributed by atoms with Gasteiger partial charge in [0.25, 0.3) is 0 Å². The van der Waals surface area contributed by atoms with Crippen LogP contribution in [0.2, 0.25) is 0 Å². The molecule has 0 fully saturated rings. The summed E-state index contributed by atoms with van der Waals surface area (Å²) in [5.41, 5.74) is 5.44. The molecule has 1 aliphatic carbocycles. The quantitative estimate of drug-likeness (QED) is 0.733. The summed E-state index contributed by atoms with van der Waals surface area (Å²) in [5, 5.41) is 9.39. The third kappa shape index (κ3) is 1.40. The normalized spacial score (nSPS) is 12.2. The molecule has 0 amide bonds. The van der Waals surface area contributed by atoms with Gasteiger partial charge in [-0.15, -0.1) is 0 Å². The molecule has 0 saturated carbocycles. The minimum atomic E-state index is -0.977. The summed E-state index contributed by atoms with van der Waals surface area (Å²) in [6.07, 6.45) is 0. The Hall–Kier alpha value is -2.42. The number of carbonyl (C=O) groups excluding carboxylic acids is 1. The molecule has 3 rings (SSSR count). The molecule has 1 N–H and O–H groups in total. The average molecular weight is 266 g/mol. The summed E-state index contributed by atoms with van der Waals surface area (Å²) in [7, 11) is 0. The molecular formula is C17H14O3. The molecule has 20 heavy (non-hydrogen) atoms. The van der Waals surface area contributed by atoms with Gasteiger partial charge in [-0.05, 0) is 48.6 Å². The summed E-state index contributed by atoms with van der Waals surface area (Å²) >= 11 is 0. The first-order valence-corrected chi connectivity index (χ1v) is 6.46. The number of carboxylic acids is 1. The third-order valence-electron chi connectivity index (χ3n) is 4.19. The highest BCUT2D eigenvalue weighted by atomic mass is 16.4. The maximum absolute atomic E-state index is 12.6. The number of rotatable bonds is 1. The molecule has 0 atom stereocenters. The number of carbonyl (C=O) groups is 2. The summed E-state index contributed by atoms with van der Waals surface area (Å²) < 4.78 is 0. The Balaban J connectivity index is 2.49. The Morgan fingerprint density at radius 1 is 0.900 bits per heavy atom. The fraction of sp³-hybridized carbons (Fsp3) is 0.176. The minimum Gasteiger partial charge on any atom is -0.478 e. The van der Waals surface area contributed by atoms with E-state index in [-0.39, 0.29) is 11.3 Å². The van der Waals surface area contributed by atoms with Crippen molar-refractivity contribution in [2.45, 2.75) is 20.8 Å². The van der Waals surface area contributed by atoms with Crippen molar-refractivity contribution in [1.82, 2.24) is 0 Å². The number of hydrogen-bond donors (Lipinski definition) is 1. The smallest absolute Gasteiger partial charge is 0.336 e. The number of aromatic carboxylic acids is 1. The van der Waals surface area contributed by atoms with E-state index in [1.54, 1.807) is 19.9 Å². The van der Waals surface area contributed by atoms with Gasteiger partial charge in [0.05, 0.1) is 5.56 Å². The maximum atomic E-state index is 12.6. The molecule has 0 radical (unpaired) electrons. The van der Waals surface area contributed by atoms with Gasteiger partial charge in [0.2, 0.25) is 0 Å². The minimum absolute atomic E-state index is 0.0706. The second kappa shape index (κ2) is 4.04. The van der Waals surface area contributed by atoms with Crippen molar-refractivity contribution in [1.29, 1.82) is 0 Å². The van der Waals surface area contributed by atoms with Crippen LogP contribution < -0.4 is 0 Å². The average Bonchev–Trinajstić information content (AvgIpc) is 2.70. The number of fused-ring (bicyclic) bond motifs is 3. The summed E-state index contributed by atoms with van der Waals surface area (Å²) in [4.78, 5) is 24.0. The fourth-order valence-electron chi connectivity index (χ4n) is 3.13. The summed E-state index contributed by atoms with van der Waals surface area (Å²) in [6, 6.07) is 7.45. The SMILES string of the molecule is Cc1c(C)c2c(c(C)c1C(=O)O)C(=O)c1ccccc1-2. The Bertz CT molecular complexity index is 785. The van der Waals surface area contributed by atoms with Crippen LogP contribution in [0.4, 0.5) is 0 Å². The molecular weight excluding hydrogens is 252 g/mol. The molecule has 0 aromatic heterocycles. The first-order chi connectivity index (χ1) is 9.45. The van der Waals surface area contributed by atoms with Crippen molar-refractivity contribution >= 4 is 11.8 Å². The number of carboxylic acid groups (broad SMARTS) is 1. The van der Waals surface area contributed by atoms with Crippen LogP contribution >= 0.6 is 0 Å². The zero-order valence-corrected chi connectivity index (χ0v) is 11.6. The third-order valence-corrected chi connectivity index (χ3v) is 4.19. The second-order valence-corrected chi connectivity index (χ2v) is 5.18. The topological polar surface area (TPSA) is 54.4 Å². The highest BCUT2D eigenvalue weighted by molar-refractivity contribution is 6.24. The van der Waals surface area contributed by atoms with Crippen molar-refractivity contribution in [3.8, 4) is 11.1 Å². The lowest BCUT2D eigenvalue weighted by Crippen LogP contribution is -2.10. The van der Waals surface area contributed by atoms with Gasteiger partial charge in [0, 0.05) is 11.1 Å². The van der Waals surface area contributed by atoms with Crippen LogP contribution in [0.15, 0.2) is 24.3 Å². The second-order valence-electron chi connectivity index (χ2n) is 5.18. The van der Waals surface area contributed by atoms with Crippen molar-refractivity contribution < 1.29 is 14.7 Å². The lowest BCUT2D eigenvalue weighted by molar-refractivity contribution is 0.0695. The molecule has 1 aliphatic rings. The number of benzene rings is 2. The van der Waals surface area contributed by atoms with Gasteiger partial charge >= 0.3 is 5.97 Å². The molecule has 3 heteroatoms. The monoisotopic (exact) mass is 266 g/mol. The number of hydrogen-bond acceptors (Lipinski definition) is 2. The van der Waals surface area contributed by atoms with E-state index < -0.39 is 5.97 Å². The Morgan fingerprint density at radius 3 is 2.10 bits per heavy atom. The van der Waals surface area contributed by atoms with Crippen molar-refractivity contribution in [3.05, 3.63) is 57.6 Å². The van der Waals surface area contributed by atoms with E-state index >= 15 is 0 Å². The molecule has 0 aliphatic heterocycles. The number of ketones is 1. The van der Waals surface area contributed by atoms with Gasteiger partial charge < -0.3 is 5.11 Å². The van der Waals surface area contributed by atoms with Crippen molar-refractivity contribution in [2.24, 2.45) is 0 Å². The Labute approximate surface area is 116 Å². The fourth-order valence-corrected chi connectivity index (χ4v) is 3.13. The molecule has 2 aromatic rings. The molecule has 2 aromatic carbocycles. The van der Waals surface area contributed by atoms with Gasteiger partial charge in [0.1, 0.15) is 0 Å². The molecule has 0 saturated heterocycles. The van der Waals surface area contributed by atoms with Crippen LogP contribution in [0, 0.1) is 20.8 Å². The molecule has 0 spiro atoms. The highest BCUT2D eigenvalue weighted by Gasteiger charge is 2.33. The summed E-state index contributed by atoms with van der Waals surface area (Å²) in [5.74, 6) is -1.05. The Kier molecular flexibility index (Phi) is 2.54. The van der Waals surface area contributed by atoms with Gasteiger partial charge in [-0.3, -0.25) is 4.79 Å². The zero-order chi connectivity index (χ0) is 14.6. The first kappa shape index (κ1) is 12.6. The van der Waals surface area contributed by atoms with Crippen LogP contribution in [-0.2, 0) is 0 Å². The predicted molar refractivity (Wildman–Crippen MR) is 76.5 cm³/mol. The Morgan fingerprint density at radius 2 is 1.50 bits per heavy atom. The maximum Gasteiger partial charge on any atom is 0.336 e. The lowest BCUT2D eigenvalue weighted by atomic mass is 9.88. The van der Waals surface area contributed by atoms with E-state index in [4.69, 9.17) is 0 Å². The zero-order valence-electron chi connectivity index (χ0n) is 11.6. The standard InChI is InChI=1S/C17H14O3/c1-8-9(2)14-11-6-4-5-7-12(11)16(18)15(14)10(3)13(8)17(19)20/h4-7H,1-3H3,(H,19,20). The lowest BCUT2D eigenvalue weighted by Gasteiger charge is -2.15. The van der Waals surface area contributed by atoms with E-state index in [2.05, 4.69) is 0 Å². The molecule has 100 valence electrons. The van der Waals surface area contributed by atoms with Crippen LogP contribution in [0.25, 0.3) is 11.1 Å². The highest BCUT2D eigenvalue weighted by Crippen LogP contribution is 2.42.